The van der Waals surface area contributed by atoms with E-state index in [0.29, 0.717) is 12.3 Å². The molecule has 0 spiro atoms. The summed E-state index contributed by atoms with van der Waals surface area (Å²) >= 11 is 0. The van der Waals surface area contributed by atoms with Crippen LogP contribution in [0.25, 0.3) is 0 Å². The number of rotatable bonds is 3. The Labute approximate surface area is 234 Å². The van der Waals surface area contributed by atoms with Crippen LogP contribution in [0.4, 0.5) is 5.69 Å². The van der Waals surface area contributed by atoms with Crippen LogP contribution in [0.15, 0.2) is 47.1 Å². The first-order chi connectivity index (χ1) is 18.5. The zero-order valence-corrected chi connectivity index (χ0v) is 24.3. The van der Waals surface area contributed by atoms with Gasteiger partial charge in [-0.15, -0.1) is 6.42 Å². The smallest absolute Gasteiger partial charge is 0.156 e. The number of fused-ring (bicyclic) bond motifs is 4. The summed E-state index contributed by atoms with van der Waals surface area (Å²) in [6.45, 7) is 8.27. The summed E-state index contributed by atoms with van der Waals surface area (Å²) in [4.78, 5) is 14.7. The number of ketones is 1. The third kappa shape index (κ3) is 5.01. The van der Waals surface area contributed by atoms with Crippen LogP contribution in [0.5, 0.6) is 0 Å². The van der Waals surface area contributed by atoms with Gasteiger partial charge in [0, 0.05) is 43.8 Å². The number of methoxy groups -OCH3 is 1. The van der Waals surface area contributed by atoms with Gasteiger partial charge in [-0.25, -0.2) is 0 Å². The highest BCUT2D eigenvalue weighted by molar-refractivity contribution is 5.93. The molecular formula is C34H46N2O3. The first-order valence-corrected chi connectivity index (χ1v) is 14.8. The Morgan fingerprint density at radius 2 is 1.82 bits per heavy atom. The highest BCUT2D eigenvalue weighted by Crippen LogP contribution is 2.64. The number of nitrogens with two attached hydrogens (primary N) is 1. The molecule has 1 heterocycles. The van der Waals surface area contributed by atoms with Gasteiger partial charge in [-0.2, -0.15) is 0 Å². The van der Waals surface area contributed by atoms with E-state index >= 15 is 0 Å². The van der Waals surface area contributed by atoms with Gasteiger partial charge in [0.25, 0.3) is 0 Å². The number of allylic oxidation sites excluding steroid dienone is 3. The van der Waals surface area contributed by atoms with Crippen LogP contribution in [-0.4, -0.2) is 48.3 Å². The quantitative estimate of drug-likeness (QED) is 0.492. The number of aliphatic hydroxyl groups is 1. The number of nitrogens with zero attached hydrogens (tertiary/aromatic N) is 1. The lowest BCUT2D eigenvalue weighted by atomic mass is 9.50. The molecular weight excluding hydrogens is 484 g/mol. The highest BCUT2D eigenvalue weighted by atomic mass is 16.5. The molecule has 0 bridgehead atoms. The first-order valence-electron chi connectivity index (χ1n) is 14.8. The van der Waals surface area contributed by atoms with E-state index in [1.807, 2.05) is 19.9 Å². The number of hydrogen-bond donors (Lipinski definition) is 2. The van der Waals surface area contributed by atoms with Gasteiger partial charge in [-0.3, -0.25) is 4.79 Å². The third-order valence-electron chi connectivity index (χ3n) is 10.5. The molecule has 1 aromatic carbocycles. The summed E-state index contributed by atoms with van der Waals surface area (Å²) in [6.07, 6.45) is 15.2. The average Bonchev–Trinajstić information content (AvgIpc) is 3.57. The zero-order chi connectivity index (χ0) is 28.0. The normalized spacial score (nSPS) is 33.9. The van der Waals surface area contributed by atoms with Crippen molar-refractivity contribution in [1.82, 2.24) is 0 Å². The Kier molecular flexibility index (Phi) is 7.61. The number of ether oxygens (including phenoxy) is 1. The number of terminal acetylenes is 1. The van der Waals surface area contributed by atoms with Crippen molar-refractivity contribution in [2.75, 3.05) is 25.1 Å². The van der Waals surface area contributed by atoms with Crippen molar-refractivity contribution in [3.8, 4) is 12.3 Å². The summed E-state index contributed by atoms with van der Waals surface area (Å²) in [7, 11) is 1.60. The average molecular weight is 531 g/mol. The molecule has 0 radical (unpaired) electrons. The van der Waals surface area contributed by atoms with Crippen LogP contribution < -0.4 is 10.6 Å². The topological polar surface area (TPSA) is 75.8 Å². The third-order valence-corrected chi connectivity index (χ3v) is 10.5. The molecule has 4 aliphatic carbocycles. The van der Waals surface area contributed by atoms with E-state index in [4.69, 9.17) is 16.9 Å². The zero-order valence-electron chi connectivity index (χ0n) is 24.3. The number of carbonyl (C=O) groups is 1. The fourth-order valence-corrected chi connectivity index (χ4v) is 8.07. The molecule has 5 unspecified atom stereocenters. The van der Waals surface area contributed by atoms with Gasteiger partial charge in [-0.1, -0.05) is 25.0 Å². The standard InChI is InChI=1S/C28H36N2O2.C6H10O/c1-27-17-23(18-4-6-20(7-5-18)30-14-2-3-15-30)26-22-9-8-21(31)16-19(22)12-13-28(26,29)24(27)10-11-25(27)32;1-5-6(2,3)7-4/h4-7,16,23-25,32H,2-3,8-15,17,29H2,1H3;1H,2-4H3. The van der Waals surface area contributed by atoms with E-state index in [1.54, 1.807) is 7.11 Å². The number of benzene rings is 1. The van der Waals surface area contributed by atoms with E-state index < -0.39 is 0 Å². The van der Waals surface area contributed by atoms with E-state index in [1.165, 1.54) is 40.8 Å². The molecule has 3 fully saturated rings. The predicted molar refractivity (Wildman–Crippen MR) is 158 cm³/mol. The van der Waals surface area contributed by atoms with Gasteiger partial charge in [0.15, 0.2) is 5.78 Å². The summed E-state index contributed by atoms with van der Waals surface area (Å²) in [5, 5.41) is 11.1. The maximum atomic E-state index is 12.2. The van der Waals surface area contributed by atoms with Crippen LogP contribution in [0.2, 0.25) is 0 Å². The molecule has 5 nitrogen and oxygen atoms in total. The number of aliphatic hydroxyl groups excluding tert-OH is 1. The van der Waals surface area contributed by atoms with E-state index in [2.05, 4.69) is 42.0 Å². The largest absolute Gasteiger partial charge is 0.393 e. The van der Waals surface area contributed by atoms with Crippen molar-refractivity contribution in [1.29, 1.82) is 0 Å². The Hall–Kier alpha value is -2.39. The molecule has 0 aromatic heterocycles. The Morgan fingerprint density at radius 1 is 1.13 bits per heavy atom. The Bertz CT molecular complexity index is 1200. The molecule has 1 aliphatic heterocycles. The number of anilines is 1. The minimum Gasteiger partial charge on any atom is -0.393 e. The van der Waals surface area contributed by atoms with Gasteiger partial charge in [-0.05, 0) is 117 Å². The molecule has 6 rings (SSSR count). The van der Waals surface area contributed by atoms with E-state index in [9.17, 15) is 9.90 Å². The minimum atomic E-state index is -0.389. The fourth-order valence-electron chi connectivity index (χ4n) is 8.07. The summed E-state index contributed by atoms with van der Waals surface area (Å²) in [6, 6.07) is 9.19. The van der Waals surface area contributed by atoms with Crippen molar-refractivity contribution < 1.29 is 14.6 Å². The highest BCUT2D eigenvalue weighted by Gasteiger charge is 2.61. The molecule has 3 N–H and O–H groups in total. The molecule has 5 aliphatic rings. The molecule has 5 heteroatoms. The Morgan fingerprint density at radius 3 is 2.44 bits per heavy atom. The van der Waals surface area contributed by atoms with Gasteiger partial charge >= 0.3 is 0 Å². The molecule has 0 amide bonds. The number of hydrogen-bond acceptors (Lipinski definition) is 5. The predicted octanol–water partition coefficient (Wildman–Crippen LogP) is 5.67. The summed E-state index contributed by atoms with van der Waals surface area (Å²) in [5.74, 6) is 3.26. The van der Waals surface area contributed by atoms with Crippen molar-refractivity contribution in [2.24, 2.45) is 17.1 Å². The van der Waals surface area contributed by atoms with Gasteiger partial charge in [0.05, 0.1) is 6.10 Å². The van der Waals surface area contributed by atoms with Crippen molar-refractivity contribution >= 4 is 11.5 Å². The molecule has 210 valence electrons. The van der Waals surface area contributed by atoms with Crippen LogP contribution in [0.3, 0.4) is 0 Å². The van der Waals surface area contributed by atoms with Crippen molar-refractivity contribution in [2.45, 2.75) is 102 Å². The number of carbonyl (C=O) groups excluding carboxylic acids is 1. The summed E-state index contributed by atoms with van der Waals surface area (Å²) in [5.41, 5.74) is 13.1. The van der Waals surface area contributed by atoms with Crippen LogP contribution in [0.1, 0.15) is 90.0 Å². The lowest BCUT2D eigenvalue weighted by Gasteiger charge is -2.57. The van der Waals surface area contributed by atoms with Gasteiger partial charge in [0.2, 0.25) is 0 Å². The minimum absolute atomic E-state index is 0.150. The fraction of sp³-hybridized carbons (Fsp3) is 0.618. The lowest BCUT2D eigenvalue weighted by Crippen LogP contribution is -2.61. The molecule has 1 saturated heterocycles. The maximum absolute atomic E-state index is 12.2. The van der Waals surface area contributed by atoms with E-state index in [-0.39, 0.29) is 34.4 Å². The lowest BCUT2D eigenvalue weighted by molar-refractivity contribution is -0.114. The van der Waals surface area contributed by atoms with Crippen LogP contribution in [0, 0.1) is 23.7 Å². The molecule has 1 aromatic rings. The van der Waals surface area contributed by atoms with Crippen molar-refractivity contribution in [3.63, 3.8) is 0 Å². The van der Waals surface area contributed by atoms with Crippen molar-refractivity contribution in [3.05, 3.63) is 52.6 Å². The SMILES string of the molecule is C#CC(C)(C)OC.CC12CC(c3ccc(N4CCCC4)cc3)C3=C4CCC(=O)C=C4CCC3(N)C1CCC2O. The second-order valence-corrected chi connectivity index (χ2v) is 13.1. The second-order valence-electron chi connectivity index (χ2n) is 13.1. The van der Waals surface area contributed by atoms with Crippen LogP contribution >= 0.6 is 0 Å². The second kappa shape index (κ2) is 10.5. The Balaban J connectivity index is 0.000000392. The molecule has 5 atom stereocenters. The molecule has 2 saturated carbocycles. The summed E-state index contributed by atoms with van der Waals surface area (Å²) < 4.78 is 4.85. The van der Waals surface area contributed by atoms with Crippen LogP contribution in [-0.2, 0) is 9.53 Å². The first kappa shape index (κ1) is 28.1. The molecule has 39 heavy (non-hydrogen) atoms. The monoisotopic (exact) mass is 530 g/mol. The van der Waals surface area contributed by atoms with Gasteiger partial charge in [0.1, 0.15) is 5.60 Å². The maximum Gasteiger partial charge on any atom is 0.156 e. The van der Waals surface area contributed by atoms with Gasteiger partial charge < -0.3 is 20.5 Å². The van der Waals surface area contributed by atoms with E-state index in [0.717, 1.165) is 51.6 Å².